The van der Waals surface area contributed by atoms with Gasteiger partial charge in [0.25, 0.3) is 0 Å². The molecule has 1 fully saturated rings. The quantitative estimate of drug-likeness (QED) is 0.177. The molecular formula is C37H31FN4O5. The number of hydrogen-bond donors (Lipinski definition) is 2. The van der Waals surface area contributed by atoms with Crippen molar-refractivity contribution >= 4 is 17.0 Å². The Morgan fingerprint density at radius 1 is 1.06 bits per heavy atom. The molecule has 0 spiro atoms. The van der Waals surface area contributed by atoms with Gasteiger partial charge in [0.2, 0.25) is 5.88 Å². The van der Waals surface area contributed by atoms with E-state index in [1.807, 2.05) is 34.9 Å². The molecule has 9 nitrogen and oxygen atoms in total. The zero-order valence-electron chi connectivity index (χ0n) is 25.7. The summed E-state index contributed by atoms with van der Waals surface area (Å²) < 4.78 is 27.5. The summed E-state index contributed by atoms with van der Waals surface area (Å²) in [5.74, 6) is 6.13. The van der Waals surface area contributed by atoms with Crippen molar-refractivity contribution in [3.8, 4) is 35.0 Å². The summed E-state index contributed by atoms with van der Waals surface area (Å²) in [7, 11) is 1.61. The fraction of sp³-hybridized carbons (Fsp3) is 0.243. The molecule has 5 aromatic rings. The molecular weight excluding hydrogens is 599 g/mol. The highest BCUT2D eigenvalue weighted by Gasteiger charge is 2.40. The predicted molar refractivity (Wildman–Crippen MR) is 172 cm³/mol. The molecule has 0 saturated heterocycles. The van der Waals surface area contributed by atoms with Gasteiger partial charge >= 0.3 is 5.97 Å². The summed E-state index contributed by atoms with van der Waals surface area (Å²) in [6, 6.07) is 22.3. The van der Waals surface area contributed by atoms with E-state index in [0.29, 0.717) is 47.7 Å². The van der Waals surface area contributed by atoms with Crippen LogP contribution in [-0.2, 0) is 24.3 Å². The van der Waals surface area contributed by atoms with E-state index in [4.69, 9.17) is 19.7 Å². The van der Waals surface area contributed by atoms with Crippen LogP contribution in [0.4, 0.5) is 4.39 Å². The number of pyridine rings is 1. The molecule has 1 aliphatic rings. The van der Waals surface area contributed by atoms with Gasteiger partial charge in [0, 0.05) is 42.8 Å². The lowest BCUT2D eigenvalue weighted by Crippen LogP contribution is -2.10. The van der Waals surface area contributed by atoms with E-state index in [1.54, 1.807) is 37.4 Å². The second-order valence-electron chi connectivity index (χ2n) is 11.5. The van der Waals surface area contributed by atoms with Gasteiger partial charge in [-0.05, 0) is 60.9 Å². The van der Waals surface area contributed by atoms with E-state index >= 15 is 0 Å². The highest BCUT2D eigenvalue weighted by molar-refractivity contribution is 5.92. The molecule has 0 unspecified atom stereocenters. The molecule has 0 bridgehead atoms. The molecule has 6 rings (SSSR count). The fourth-order valence-corrected chi connectivity index (χ4v) is 5.26. The number of aliphatic hydroxyl groups excluding tert-OH is 1. The summed E-state index contributed by atoms with van der Waals surface area (Å²) in [6.45, 7) is 0.850. The van der Waals surface area contributed by atoms with Crippen molar-refractivity contribution in [2.24, 2.45) is 5.41 Å². The Bertz CT molecular complexity index is 2080. The van der Waals surface area contributed by atoms with Crippen LogP contribution in [-0.4, -0.2) is 51.0 Å². The van der Waals surface area contributed by atoms with Crippen LogP contribution in [0.15, 0.2) is 72.8 Å². The van der Waals surface area contributed by atoms with Crippen LogP contribution in [0.3, 0.4) is 0 Å². The van der Waals surface area contributed by atoms with Gasteiger partial charge in [0.05, 0.1) is 52.6 Å². The molecule has 2 N–H and O–H groups in total. The molecule has 3 aromatic carbocycles. The lowest BCUT2D eigenvalue weighted by atomic mass is 9.98. The second kappa shape index (κ2) is 13.4. The largest absolute Gasteiger partial charge is 0.478 e. The number of hydrogen-bond acceptors (Lipinski definition) is 7. The molecule has 236 valence electrons. The number of aromatic nitrogens is 3. The second-order valence-corrected chi connectivity index (χ2v) is 11.5. The molecule has 0 atom stereocenters. The fourth-order valence-electron chi connectivity index (χ4n) is 5.26. The number of nitriles is 1. The Kier molecular flexibility index (Phi) is 8.99. The smallest absolute Gasteiger partial charge is 0.335 e. The van der Waals surface area contributed by atoms with Gasteiger partial charge in [-0.15, -0.1) is 0 Å². The SMILES string of the molecule is COCCn1c(Cc2ccc(-c3cccc(OCc4ccc(C#N)cc4F)n3)cc2C#CC2(CO)CC2)nc2ccc(C(=O)O)cc21. The van der Waals surface area contributed by atoms with Crippen molar-refractivity contribution < 1.29 is 28.9 Å². The number of aliphatic hydroxyl groups is 1. The van der Waals surface area contributed by atoms with Crippen molar-refractivity contribution in [1.29, 1.82) is 5.26 Å². The Balaban J connectivity index is 1.33. The van der Waals surface area contributed by atoms with Crippen LogP contribution in [0.1, 0.15) is 51.3 Å². The minimum Gasteiger partial charge on any atom is -0.478 e. The zero-order valence-corrected chi connectivity index (χ0v) is 25.7. The first kappa shape index (κ1) is 31.4. The van der Waals surface area contributed by atoms with E-state index in [1.165, 1.54) is 18.2 Å². The van der Waals surface area contributed by atoms with Gasteiger partial charge < -0.3 is 24.3 Å². The summed E-state index contributed by atoms with van der Waals surface area (Å²) >= 11 is 0. The maximum atomic E-state index is 14.4. The number of carboxylic acid groups (broad SMARTS) is 1. The molecule has 47 heavy (non-hydrogen) atoms. The van der Waals surface area contributed by atoms with Crippen LogP contribution in [0.5, 0.6) is 5.88 Å². The van der Waals surface area contributed by atoms with Crippen LogP contribution in [0, 0.1) is 34.4 Å². The number of carboxylic acids is 1. The van der Waals surface area contributed by atoms with E-state index in [-0.39, 0.29) is 24.3 Å². The summed E-state index contributed by atoms with van der Waals surface area (Å²) in [5.41, 5.74) is 4.82. The van der Waals surface area contributed by atoms with Crippen LogP contribution < -0.4 is 4.74 Å². The molecule has 1 aliphatic carbocycles. The van der Waals surface area contributed by atoms with Gasteiger partial charge in [-0.25, -0.2) is 19.2 Å². The Labute approximate surface area is 270 Å². The minimum atomic E-state index is -1.01. The first-order chi connectivity index (χ1) is 22.8. The van der Waals surface area contributed by atoms with Gasteiger partial charge in [-0.3, -0.25) is 0 Å². The predicted octanol–water partition coefficient (Wildman–Crippen LogP) is 5.75. The molecule has 0 amide bonds. The Morgan fingerprint density at radius 2 is 1.89 bits per heavy atom. The maximum absolute atomic E-state index is 14.4. The number of carbonyl (C=O) groups is 1. The normalized spacial score (nSPS) is 13.1. The Morgan fingerprint density at radius 3 is 2.62 bits per heavy atom. The Hall–Kier alpha value is -5.55. The third kappa shape index (κ3) is 7.00. The monoisotopic (exact) mass is 630 g/mol. The third-order valence-corrected chi connectivity index (χ3v) is 8.25. The molecule has 2 heterocycles. The van der Waals surface area contributed by atoms with Crippen molar-refractivity contribution in [2.75, 3.05) is 20.3 Å². The number of ether oxygens (including phenoxy) is 2. The lowest BCUT2D eigenvalue weighted by molar-refractivity contribution is 0.0697. The molecule has 1 saturated carbocycles. The molecule has 2 aromatic heterocycles. The number of nitrogens with zero attached hydrogens (tertiary/aromatic N) is 4. The molecule has 0 radical (unpaired) electrons. The number of halogens is 1. The standard InChI is InChI=1S/C37H31FN4O5/c1-46-16-15-42-33-19-28(36(44)45)9-10-32(33)40-34(42)20-25-7-8-27(18-26(25)11-12-37(23-43)13-14-37)31-3-2-4-35(41-31)47-22-29-6-5-24(21-39)17-30(29)38/h2-10,17-19,43H,13-16,20,22-23H2,1H3,(H,44,45). The number of aromatic carboxylic acids is 1. The summed E-state index contributed by atoms with van der Waals surface area (Å²) in [4.78, 5) is 21.2. The maximum Gasteiger partial charge on any atom is 0.335 e. The van der Waals surface area contributed by atoms with Gasteiger partial charge in [-0.2, -0.15) is 5.26 Å². The number of fused-ring (bicyclic) bond motifs is 1. The number of methoxy groups -OCH3 is 1. The molecule has 0 aliphatic heterocycles. The lowest BCUT2D eigenvalue weighted by Gasteiger charge is -2.12. The van der Waals surface area contributed by atoms with Crippen LogP contribution in [0.25, 0.3) is 22.3 Å². The highest BCUT2D eigenvalue weighted by atomic mass is 19.1. The van der Waals surface area contributed by atoms with Crippen molar-refractivity contribution in [3.63, 3.8) is 0 Å². The van der Waals surface area contributed by atoms with Crippen molar-refractivity contribution in [3.05, 3.63) is 112 Å². The number of imidazole rings is 1. The van der Waals surface area contributed by atoms with E-state index in [2.05, 4.69) is 16.8 Å². The van der Waals surface area contributed by atoms with E-state index in [0.717, 1.165) is 35.4 Å². The number of rotatable bonds is 11. The van der Waals surface area contributed by atoms with E-state index in [9.17, 15) is 19.4 Å². The topological polar surface area (TPSA) is 130 Å². The van der Waals surface area contributed by atoms with Gasteiger partial charge in [0.1, 0.15) is 18.2 Å². The average Bonchev–Trinajstić information content (AvgIpc) is 3.80. The third-order valence-electron chi connectivity index (χ3n) is 8.25. The average molecular weight is 631 g/mol. The minimum absolute atomic E-state index is 0.00544. The summed E-state index contributed by atoms with van der Waals surface area (Å²) in [6.07, 6.45) is 2.10. The summed E-state index contributed by atoms with van der Waals surface area (Å²) in [5, 5.41) is 28.5. The zero-order chi connectivity index (χ0) is 33.0. The van der Waals surface area contributed by atoms with Gasteiger partial charge in [0.15, 0.2) is 0 Å². The van der Waals surface area contributed by atoms with Crippen LogP contribution in [0.2, 0.25) is 0 Å². The number of benzene rings is 3. The first-order valence-electron chi connectivity index (χ1n) is 15.1. The first-order valence-corrected chi connectivity index (χ1v) is 15.1. The van der Waals surface area contributed by atoms with Gasteiger partial charge in [-0.1, -0.05) is 36.1 Å². The molecule has 10 heteroatoms. The van der Waals surface area contributed by atoms with Crippen LogP contribution >= 0.6 is 0 Å². The van der Waals surface area contributed by atoms with Crippen molar-refractivity contribution in [1.82, 2.24) is 14.5 Å². The van der Waals surface area contributed by atoms with Crippen molar-refractivity contribution in [2.45, 2.75) is 32.4 Å². The highest BCUT2D eigenvalue weighted by Crippen LogP contribution is 2.44. The van der Waals surface area contributed by atoms with E-state index < -0.39 is 17.2 Å².